The summed E-state index contributed by atoms with van der Waals surface area (Å²) in [6, 6.07) is 12.4. The maximum atomic E-state index is 12.7. The normalized spacial score (nSPS) is 14.6. The third kappa shape index (κ3) is 3.34. The minimum Gasteiger partial charge on any atom is -0.357 e. The Labute approximate surface area is 163 Å². The Morgan fingerprint density at radius 2 is 2.07 bits per heavy atom. The summed E-state index contributed by atoms with van der Waals surface area (Å²) in [6.45, 7) is 2.53. The molecule has 142 valence electrons. The zero-order valence-corrected chi connectivity index (χ0v) is 15.8. The lowest BCUT2D eigenvalue weighted by atomic mass is 9.85. The predicted molar refractivity (Wildman–Crippen MR) is 112 cm³/mol. The highest BCUT2D eigenvalue weighted by Crippen LogP contribution is 2.25. The van der Waals surface area contributed by atoms with E-state index < -0.39 is 0 Å². The van der Waals surface area contributed by atoms with E-state index in [2.05, 4.69) is 39.6 Å². The lowest BCUT2D eigenvalue weighted by molar-refractivity contribution is 0.301. The summed E-state index contributed by atoms with van der Waals surface area (Å²) < 4.78 is 1.75. The number of fused-ring (bicyclic) bond motifs is 2. The van der Waals surface area contributed by atoms with Crippen molar-refractivity contribution in [1.29, 1.82) is 0 Å². The highest BCUT2D eigenvalue weighted by Gasteiger charge is 2.16. The number of benzene rings is 1. The first-order valence-electron chi connectivity index (χ1n) is 10.0. The average molecular weight is 372 g/mol. The van der Waals surface area contributed by atoms with E-state index in [1.165, 1.54) is 30.3 Å². The molecule has 0 bridgehead atoms. The summed E-state index contributed by atoms with van der Waals surface area (Å²) in [6.07, 6.45) is 9.34. The van der Waals surface area contributed by atoms with Crippen LogP contribution >= 0.6 is 0 Å². The highest BCUT2D eigenvalue weighted by atomic mass is 16.1. The molecule has 5 heteroatoms. The second-order valence-electron chi connectivity index (χ2n) is 7.86. The minimum atomic E-state index is -0.00179. The molecule has 2 N–H and O–H groups in total. The summed E-state index contributed by atoms with van der Waals surface area (Å²) >= 11 is 0. The van der Waals surface area contributed by atoms with E-state index >= 15 is 0 Å². The molecular weight excluding hydrogens is 348 g/mol. The summed E-state index contributed by atoms with van der Waals surface area (Å²) in [5.74, 6) is 0.867. The predicted octanol–water partition coefficient (Wildman–Crippen LogP) is 3.82. The first-order chi connectivity index (χ1) is 13.8. The number of pyridine rings is 2. The summed E-state index contributed by atoms with van der Waals surface area (Å²) in [4.78, 5) is 20.3. The molecule has 0 radical (unpaired) electrons. The molecule has 0 spiro atoms. The lowest BCUT2D eigenvalue weighted by Crippen LogP contribution is -2.26. The average Bonchev–Trinajstić information content (AvgIpc) is 3.08. The van der Waals surface area contributed by atoms with Crippen LogP contribution in [-0.4, -0.2) is 21.1 Å². The molecule has 28 heavy (non-hydrogen) atoms. The maximum absolute atomic E-state index is 12.7. The van der Waals surface area contributed by atoms with Crippen molar-refractivity contribution in [3.63, 3.8) is 0 Å². The van der Waals surface area contributed by atoms with Crippen LogP contribution in [0.15, 0.2) is 59.8 Å². The molecule has 0 unspecified atom stereocenters. The van der Waals surface area contributed by atoms with Crippen LogP contribution in [0.4, 0.5) is 0 Å². The maximum Gasteiger partial charge on any atom is 0.260 e. The van der Waals surface area contributed by atoms with Crippen LogP contribution in [0.3, 0.4) is 0 Å². The van der Waals surface area contributed by atoms with Crippen LogP contribution in [0.5, 0.6) is 0 Å². The van der Waals surface area contributed by atoms with Crippen LogP contribution in [0.2, 0.25) is 0 Å². The van der Waals surface area contributed by atoms with Crippen molar-refractivity contribution in [2.45, 2.75) is 32.4 Å². The SMILES string of the molecule is O=c1c2cnccc2ccn1Cc1ccc2cc(CNCC3CCC3)[nH]c2c1. The van der Waals surface area contributed by atoms with Gasteiger partial charge in [0.05, 0.1) is 11.9 Å². The van der Waals surface area contributed by atoms with Crippen LogP contribution in [-0.2, 0) is 13.1 Å². The topological polar surface area (TPSA) is 62.7 Å². The van der Waals surface area contributed by atoms with Gasteiger partial charge in [0.1, 0.15) is 0 Å². The Hall–Kier alpha value is -2.92. The highest BCUT2D eigenvalue weighted by molar-refractivity contribution is 5.81. The van der Waals surface area contributed by atoms with Gasteiger partial charge >= 0.3 is 0 Å². The monoisotopic (exact) mass is 372 g/mol. The molecule has 1 aliphatic carbocycles. The lowest BCUT2D eigenvalue weighted by Gasteiger charge is -2.25. The van der Waals surface area contributed by atoms with Crippen LogP contribution in [0.1, 0.15) is 30.5 Å². The second-order valence-corrected chi connectivity index (χ2v) is 7.86. The Bertz CT molecular complexity index is 1190. The van der Waals surface area contributed by atoms with Gasteiger partial charge in [-0.05, 0) is 65.9 Å². The molecule has 3 heterocycles. The van der Waals surface area contributed by atoms with E-state index in [1.54, 1.807) is 17.0 Å². The molecule has 4 aromatic rings. The fourth-order valence-corrected chi connectivity index (χ4v) is 3.98. The van der Waals surface area contributed by atoms with Gasteiger partial charge in [0.2, 0.25) is 0 Å². The zero-order valence-electron chi connectivity index (χ0n) is 15.8. The largest absolute Gasteiger partial charge is 0.357 e. The van der Waals surface area contributed by atoms with Gasteiger partial charge in [0.25, 0.3) is 5.56 Å². The molecule has 1 aliphatic rings. The molecule has 3 aromatic heterocycles. The molecule has 0 amide bonds. The molecule has 1 saturated carbocycles. The first-order valence-corrected chi connectivity index (χ1v) is 10.0. The standard InChI is InChI=1S/C23H24N4O/c28-23-21-14-24-8-6-18(21)7-9-27(23)15-17-4-5-19-11-20(26-22(19)10-17)13-25-12-16-2-1-3-16/h4-11,14,16,25-26H,1-3,12-13,15H2. The Kier molecular flexibility index (Phi) is 4.45. The van der Waals surface area contributed by atoms with Gasteiger partial charge in [0.15, 0.2) is 0 Å². The van der Waals surface area contributed by atoms with E-state index in [0.29, 0.717) is 11.9 Å². The van der Waals surface area contributed by atoms with Crippen LogP contribution < -0.4 is 10.9 Å². The molecule has 1 fully saturated rings. The van der Waals surface area contributed by atoms with E-state index in [1.807, 2.05) is 18.3 Å². The van der Waals surface area contributed by atoms with E-state index in [0.717, 1.165) is 35.5 Å². The fraction of sp³-hybridized carbons (Fsp3) is 0.304. The van der Waals surface area contributed by atoms with Gasteiger partial charge < -0.3 is 14.9 Å². The van der Waals surface area contributed by atoms with Crippen molar-refractivity contribution in [2.75, 3.05) is 6.54 Å². The first kappa shape index (κ1) is 17.2. The second kappa shape index (κ2) is 7.24. The summed E-state index contributed by atoms with van der Waals surface area (Å²) in [7, 11) is 0. The van der Waals surface area contributed by atoms with Crippen molar-refractivity contribution in [3.8, 4) is 0 Å². The number of hydrogen-bond donors (Lipinski definition) is 2. The van der Waals surface area contributed by atoms with Crippen LogP contribution in [0.25, 0.3) is 21.7 Å². The molecule has 5 nitrogen and oxygen atoms in total. The van der Waals surface area contributed by atoms with Crippen molar-refractivity contribution < 1.29 is 0 Å². The summed E-state index contributed by atoms with van der Waals surface area (Å²) in [5.41, 5.74) is 3.43. The van der Waals surface area contributed by atoms with E-state index in [-0.39, 0.29) is 5.56 Å². The molecular formula is C23H24N4O. The van der Waals surface area contributed by atoms with Crippen LogP contribution in [0, 0.1) is 5.92 Å². The molecule has 5 rings (SSSR count). The van der Waals surface area contributed by atoms with Crippen molar-refractivity contribution in [2.24, 2.45) is 5.92 Å². The fourth-order valence-electron chi connectivity index (χ4n) is 3.98. The third-order valence-electron chi connectivity index (χ3n) is 5.85. The number of rotatable bonds is 6. The quantitative estimate of drug-likeness (QED) is 0.541. The van der Waals surface area contributed by atoms with Gasteiger partial charge in [-0.3, -0.25) is 9.78 Å². The molecule has 0 atom stereocenters. The van der Waals surface area contributed by atoms with E-state index in [4.69, 9.17) is 0 Å². The number of H-pyrrole nitrogens is 1. The molecule has 1 aromatic carbocycles. The smallest absolute Gasteiger partial charge is 0.260 e. The Morgan fingerprint density at radius 3 is 2.93 bits per heavy atom. The minimum absolute atomic E-state index is 0.00179. The van der Waals surface area contributed by atoms with Crippen molar-refractivity contribution in [3.05, 3.63) is 76.6 Å². The number of nitrogens with zero attached hydrogens (tertiary/aromatic N) is 2. The molecule has 0 aliphatic heterocycles. The number of nitrogens with one attached hydrogen (secondary N) is 2. The van der Waals surface area contributed by atoms with Gasteiger partial charge in [-0.25, -0.2) is 0 Å². The van der Waals surface area contributed by atoms with Crippen molar-refractivity contribution >= 4 is 21.7 Å². The zero-order chi connectivity index (χ0) is 18.9. The number of hydrogen-bond acceptors (Lipinski definition) is 3. The Morgan fingerprint density at radius 1 is 1.14 bits per heavy atom. The van der Waals surface area contributed by atoms with Gasteiger partial charge in [-0.1, -0.05) is 18.6 Å². The summed E-state index contributed by atoms with van der Waals surface area (Å²) in [5, 5.41) is 6.35. The molecule has 0 saturated heterocycles. The number of aromatic nitrogens is 3. The number of aromatic amines is 1. The van der Waals surface area contributed by atoms with Gasteiger partial charge in [0, 0.05) is 36.3 Å². The Balaban J connectivity index is 1.34. The van der Waals surface area contributed by atoms with E-state index in [9.17, 15) is 4.79 Å². The van der Waals surface area contributed by atoms with Gasteiger partial charge in [-0.15, -0.1) is 0 Å². The van der Waals surface area contributed by atoms with Gasteiger partial charge in [-0.2, -0.15) is 0 Å². The van der Waals surface area contributed by atoms with Crippen molar-refractivity contribution in [1.82, 2.24) is 19.9 Å². The third-order valence-corrected chi connectivity index (χ3v) is 5.85.